The van der Waals surface area contributed by atoms with Gasteiger partial charge < -0.3 is 5.32 Å². The fraction of sp³-hybridized carbons (Fsp3) is 0.174. The zero-order valence-electron chi connectivity index (χ0n) is 16.3. The van der Waals surface area contributed by atoms with Gasteiger partial charge in [-0.3, -0.25) is 9.10 Å². The van der Waals surface area contributed by atoms with Gasteiger partial charge in [0.2, 0.25) is 0 Å². The summed E-state index contributed by atoms with van der Waals surface area (Å²) in [4.78, 5) is 12.9. The Labute approximate surface area is 171 Å². The molecule has 3 aromatic carbocycles. The molecule has 6 heteroatoms. The van der Waals surface area contributed by atoms with E-state index in [2.05, 4.69) is 5.32 Å². The lowest BCUT2D eigenvalue weighted by Crippen LogP contribution is -2.35. The highest BCUT2D eigenvalue weighted by molar-refractivity contribution is 7.92. The van der Waals surface area contributed by atoms with Crippen molar-refractivity contribution in [3.63, 3.8) is 0 Å². The van der Waals surface area contributed by atoms with Crippen molar-refractivity contribution in [1.82, 2.24) is 0 Å². The second-order valence-electron chi connectivity index (χ2n) is 7.33. The lowest BCUT2D eigenvalue weighted by Gasteiger charge is -2.24. The van der Waals surface area contributed by atoms with Crippen molar-refractivity contribution < 1.29 is 13.2 Å². The Morgan fingerprint density at radius 2 is 1.69 bits per heavy atom. The number of carbonyl (C=O) groups excluding carboxylic acids is 1. The number of hydrogen-bond donors (Lipinski definition) is 1. The minimum atomic E-state index is -3.65. The number of nitrogens with zero attached hydrogens (tertiary/aromatic N) is 1. The number of nitrogens with one attached hydrogen (secondary N) is 1. The molecule has 0 saturated carbocycles. The minimum Gasteiger partial charge on any atom is -0.322 e. The maximum Gasteiger partial charge on any atom is 0.264 e. The number of carbonyl (C=O) groups is 1. The Kier molecular flexibility index (Phi) is 4.88. The van der Waals surface area contributed by atoms with Crippen LogP contribution in [0.3, 0.4) is 0 Å². The minimum absolute atomic E-state index is 0.214. The Balaban J connectivity index is 1.62. The van der Waals surface area contributed by atoms with Crippen LogP contribution in [0.25, 0.3) is 0 Å². The van der Waals surface area contributed by atoms with E-state index >= 15 is 0 Å². The second-order valence-corrected chi connectivity index (χ2v) is 9.15. The zero-order valence-corrected chi connectivity index (χ0v) is 17.1. The van der Waals surface area contributed by atoms with Crippen LogP contribution in [0, 0.1) is 6.92 Å². The first-order chi connectivity index (χ1) is 13.9. The molecule has 0 saturated heterocycles. The fourth-order valence-corrected chi connectivity index (χ4v) is 5.37. The third-order valence-corrected chi connectivity index (χ3v) is 7.05. The van der Waals surface area contributed by atoms with E-state index in [0.717, 1.165) is 16.8 Å². The van der Waals surface area contributed by atoms with Crippen LogP contribution in [0.4, 0.5) is 11.4 Å². The van der Waals surface area contributed by atoms with Gasteiger partial charge >= 0.3 is 0 Å². The Hall–Kier alpha value is -3.12. The summed E-state index contributed by atoms with van der Waals surface area (Å²) in [6.07, 6.45) is 0.563. The number of sulfonamides is 1. The second kappa shape index (κ2) is 7.37. The molecule has 29 heavy (non-hydrogen) atoms. The lowest BCUT2D eigenvalue weighted by molar-refractivity contribution is 0.102. The van der Waals surface area contributed by atoms with Gasteiger partial charge in [0.15, 0.2) is 0 Å². The quantitative estimate of drug-likeness (QED) is 0.699. The summed E-state index contributed by atoms with van der Waals surface area (Å²) >= 11 is 0. The Morgan fingerprint density at radius 1 is 1.00 bits per heavy atom. The number of rotatable bonds is 4. The number of anilines is 2. The lowest BCUT2D eigenvalue weighted by atomic mass is 10.1. The summed E-state index contributed by atoms with van der Waals surface area (Å²) in [5.74, 6) is -0.214. The van der Waals surface area contributed by atoms with Crippen LogP contribution in [-0.4, -0.2) is 20.4 Å². The van der Waals surface area contributed by atoms with Gasteiger partial charge in [0.1, 0.15) is 0 Å². The van der Waals surface area contributed by atoms with E-state index in [9.17, 15) is 13.2 Å². The first kappa shape index (κ1) is 19.2. The Morgan fingerprint density at radius 3 is 2.38 bits per heavy atom. The monoisotopic (exact) mass is 406 g/mol. The number of fused-ring (bicyclic) bond motifs is 1. The Bertz CT molecular complexity index is 1160. The van der Waals surface area contributed by atoms with Gasteiger partial charge in [-0.05, 0) is 68.3 Å². The molecule has 148 valence electrons. The molecule has 5 nitrogen and oxygen atoms in total. The van der Waals surface area contributed by atoms with Crippen molar-refractivity contribution in [3.05, 3.63) is 89.5 Å². The zero-order chi connectivity index (χ0) is 20.6. The molecule has 1 aliphatic heterocycles. The standard InChI is InChI=1S/C23H22N2O3S/c1-16-8-11-20(12-9-16)24-23(26)18-10-13-22-19(15-18)14-17(2)25(22)29(27,28)21-6-4-3-5-7-21/h3-13,15,17H,14H2,1-2H3,(H,24,26)/t17-/m0/s1. The van der Waals surface area contributed by atoms with Gasteiger partial charge in [-0.25, -0.2) is 8.42 Å². The SMILES string of the molecule is Cc1ccc(NC(=O)c2ccc3c(c2)C[C@H](C)N3S(=O)(=O)c2ccccc2)cc1. The maximum absolute atomic E-state index is 13.1. The van der Waals surface area contributed by atoms with Crippen molar-refractivity contribution in [3.8, 4) is 0 Å². The van der Waals surface area contributed by atoms with Crippen LogP contribution in [0.5, 0.6) is 0 Å². The number of amides is 1. The molecule has 1 amide bonds. The number of hydrogen-bond acceptors (Lipinski definition) is 3. The third-order valence-electron chi connectivity index (χ3n) is 5.10. The molecule has 0 radical (unpaired) electrons. The molecule has 0 bridgehead atoms. The van der Waals surface area contributed by atoms with E-state index in [-0.39, 0.29) is 16.8 Å². The van der Waals surface area contributed by atoms with E-state index in [1.807, 2.05) is 38.1 Å². The highest BCUT2D eigenvalue weighted by Gasteiger charge is 2.36. The van der Waals surface area contributed by atoms with Crippen molar-refractivity contribution in [2.45, 2.75) is 31.2 Å². The van der Waals surface area contributed by atoms with Crippen LogP contribution in [-0.2, 0) is 16.4 Å². The highest BCUT2D eigenvalue weighted by atomic mass is 32.2. The van der Waals surface area contributed by atoms with Gasteiger partial charge in [0.25, 0.3) is 15.9 Å². The number of aryl methyl sites for hydroxylation is 1. The summed E-state index contributed by atoms with van der Waals surface area (Å²) in [7, 11) is -3.65. The smallest absolute Gasteiger partial charge is 0.264 e. The van der Waals surface area contributed by atoms with Crippen LogP contribution >= 0.6 is 0 Å². The van der Waals surface area contributed by atoms with Gasteiger partial charge in [0, 0.05) is 17.3 Å². The van der Waals surface area contributed by atoms with Crippen molar-refractivity contribution in [2.24, 2.45) is 0 Å². The molecule has 0 spiro atoms. The summed E-state index contributed by atoms with van der Waals surface area (Å²) in [5.41, 5.74) is 3.84. The van der Waals surface area contributed by atoms with Crippen LogP contribution in [0.1, 0.15) is 28.4 Å². The molecule has 1 atom stereocenters. The summed E-state index contributed by atoms with van der Waals surface area (Å²) in [5, 5.41) is 2.88. The largest absolute Gasteiger partial charge is 0.322 e. The van der Waals surface area contributed by atoms with Gasteiger partial charge in [-0.1, -0.05) is 35.9 Å². The summed E-state index contributed by atoms with van der Waals surface area (Å²) in [6, 6.07) is 21.0. The van der Waals surface area contributed by atoms with E-state index in [4.69, 9.17) is 0 Å². The molecule has 0 aromatic heterocycles. The van der Waals surface area contributed by atoms with Crippen LogP contribution in [0.2, 0.25) is 0 Å². The summed E-state index contributed by atoms with van der Waals surface area (Å²) in [6.45, 7) is 3.87. The van der Waals surface area contributed by atoms with E-state index in [1.165, 1.54) is 4.31 Å². The van der Waals surface area contributed by atoms with E-state index < -0.39 is 10.0 Å². The fourth-order valence-electron chi connectivity index (χ4n) is 3.66. The first-order valence-corrected chi connectivity index (χ1v) is 10.9. The van der Waals surface area contributed by atoms with E-state index in [1.54, 1.807) is 48.5 Å². The molecule has 1 N–H and O–H groups in total. The van der Waals surface area contributed by atoms with Gasteiger partial charge in [0.05, 0.1) is 10.6 Å². The topological polar surface area (TPSA) is 66.5 Å². The first-order valence-electron chi connectivity index (χ1n) is 9.47. The molecular weight excluding hydrogens is 384 g/mol. The predicted octanol–water partition coefficient (Wildman–Crippen LogP) is 4.39. The van der Waals surface area contributed by atoms with Crippen molar-refractivity contribution in [1.29, 1.82) is 0 Å². The molecular formula is C23H22N2O3S. The van der Waals surface area contributed by atoms with E-state index in [0.29, 0.717) is 17.7 Å². The van der Waals surface area contributed by atoms with Crippen molar-refractivity contribution >= 4 is 27.3 Å². The predicted molar refractivity (Wildman–Crippen MR) is 115 cm³/mol. The van der Waals surface area contributed by atoms with Crippen LogP contribution in [0.15, 0.2) is 77.7 Å². The molecule has 4 rings (SSSR count). The molecule has 1 aliphatic rings. The molecule has 0 aliphatic carbocycles. The highest BCUT2D eigenvalue weighted by Crippen LogP contribution is 2.37. The molecule has 0 unspecified atom stereocenters. The number of benzene rings is 3. The van der Waals surface area contributed by atoms with Gasteiger partial charge in [-0.15, -0.1) is 0 Å². The average molecular weight is 407 g/mol. The molecule has 0 fully saturated rings. The maximum atomic E-state index is 13.1. The summed E-state index contributed by atoms with van der Waals surface area (Å²) < 4.78 is 27.7. The van der Waals surface area contributed by atoms with Crippen molar-refractivity contribution in [2.75, 3.05) is 9.62 Å². The molecule has 3 aromatic rings. The third kappa shape index (κ3) is 3.63. The van der Waals surface area contributed by atoms with Gasteiger partial charge in [-0.2, -0.15) is 0 Å². The average Bonchev–Trinajstić information content (AvgIpc) is 3.06. The normalized spacial score (nSPS) is 15.8. The molecule has 1 heterocycles. The van der Waals surface area contributed by atoms with Crippen LogP contribution < -0.4 is 9.62 Å².